The molecular formula is C27H35F3N4O2. The summed E-state index contributed by atoms with van der Waals surface area (Å²) in [5, 5.41) is 6.50. The molecule has 196 valence electrons. The maximum atomic E-state index is 13.5. The van der Waals surface area contributed by atoms with E-state index in [4.69, 9.17) is 4.74 Å². The van der Waals surface area contributed by atoms with Gasteiger partial charge in [0.25, 0.3) is 5.91 Å². The van der Waals surface area contributed by atoms with Crippen LogP contribution < -0.4 is 15.5 Å². The van der Waals surface area contributed by atoms with E-state index in [9.17, 15) is 18.0 Å². The number of carbonyl (C=O) groups excluding carboxylic acids is 1. The highest BCUT2D eigenvalue weighted by atomic mass is 19.4. The molecule has 36 heavy (non-hydrogen) atoms. The quantitative estimate of drug-likeness (QED) is 0.589. The van der Waals surface area contributed by atoms with Crippen molar-refractivity contribution in [2.45, 2.75) is 44.9 Å². The van der Waals surface area contributed by atoms with Crippen LogP contribution in [0.4, 0.5) is 24.5 Å². The summed E-state index contributed by atoms with van der Waals surface area (Å²) in [5.41, 5.74) is 2.07. The molecule has 0 spiro atoms. The van der Waals surface area contributed by atoms with Crippen molar-refractivity contribution in [1.82, 2.24) is 10.2 Å². The average molecular weight is 505 g/mol. The maximum absolute atomic E-state index is 13.5. The Kier molecular flexibility index (Phi) is 8.10. The van der Waals surface area contributed by atoms with Crippen LogP contribution in [0, 0.1) is 6.92 Å². The summed E-state index contributed by atoms with van der Waals surface area (Å²) in [6, 6.07) is 9.59. The van der Waals surface area contributed by atoms with Gasteiger partial charge in [-0.15, -0.1) is 0 Å². The number of nitrogens with zero attached hydrogens (tertiary/aromatic N) is 2. The molecule has 2 N–H and O–H groups in total. The molecule has 1 amide bonds. The molecule has 0 aliphatic carbocycles. The third-order valence-electron chi connectivity index (χ3n) is 7.20. The van der Waals surface area contributed by atoms with Gasteiger partial charge in [-0.25, -0.2) is 0 Å². The Morgan fingerprint density at radius 2 is 1.78 bits per heavy atom. The summed E-state index contributed by atoms with van der Waals surface area (Å²) in [7, 11) is 2.10. The Labute approximate surface area is 210 Å². The van der Waals surface area contributed by atoms with Gasteiger partial charge in [0.2, 0.25) is 0 Å². The number of anilines is 2. The highest BCUT2D eigenvalue weighted by Gasteiger charge is 2.33. The van der Waals surface area contributed by atoms with E-state index >= 15 is 0 Å². The molecule has 0 aromatic heterocycles. The normalized spacial score (nSPS) is 18.7. The van der Waals surface area contributed by atoms with Crippen molar-refractivity contribution in [2.24, 2.45) is 0 Å². The predicted octanol–water partition coefficient (Wildman–Crippen LogP) is 4.85. The van der Waals surface area contributed by atoms with E-state index in [1.165, 1.54) is 13.0 Å². The number of piperidine rings is 1. The van der Waals surface area contributed by atoms with E-state index < -0.39 is 17.8 Å². The van der Waals surface area contributed by atoms with E-state index in [1.54, 1.807) is 13.0 Å². The van der Waals surface area contributed by atoms with Crippen molar-refractivity contribution in [2.75, 3.05) is 56.7 Å². The number of carbonyl (C=O) groups is 1. The smallest absolute Gasteiger partial charge is 0.382 e. The number of likely N-dealkylation sites (tertiary alicyclic amines) is 1. The molecule has 1 atom stereocenters. The number of rotatable bonds is 6. The third-order valence-corrected chi connectivity index (χ3v) is 7.20. The van der Waals surface area contributed by atoms with Gasteiger partial charge in [-0.1, -0.05) is 12.1 Å². The van der Waals surface area contributed by atoms with E-state index in [0.717, 1.165) is 56.5 Å². The number of morpholine rings is 1. The Bertz CT molecular complexity index is 1060. The number of nitrogens with one attached hydrogen (secondary N) is 2. The van der Waals surface area contributed by atoms with Gasteiger partial charge in [0.15, 0.2) is 0 Å². The topological polar surface area (TPSA) is 56.8 Å². The summed E-state index contributed by atoms with van der Waals surface area (Å²) in [4.78, 5) is 18.0. The van der Waals surface area contributed by atoms with Crippen LogP contribution in [0.15, 0.2) is 36.4 Å². The van der Waals surface area contributed by atoms with Crippen LogP contribution in [0.2, 0.25) is 0 Å². The first-order valence-corrected chi connectivity index (χ1v) is 12.5. The van der Waals surface area contributed by atoms with Crippen LogP contribution >= 0.6 is 0 Å². The van der Waals surface area contributed by atoms with Gasteiger partial charge in [-0.3, -0.25) is 4.79 Å². The molecule has 4 rings (SSSR count). The van der Waals surface area contributed by atoms with Gasteiger partial charge >= 0.3 is 6.18 Å². The van der Waals surface area contributed by atoms with Crippen LogP contribution in [-0.4, -0.2) is 63.3 Å². The number of benzene rings is 2. The Morgan fingerprint density at radius 1 is 1.08 bits per heavy atom. The molecule has 0 unspecified atom stereocenters. The molecule has 0 bridgehead atoms. The number of hydrogen-bond donors (Lipinski definition) is 2. The lowest BCUT2D eigenvalue weighted by Gasteiger charge is -2.32. The number of ether oxygens (including phenoxy) is 1. The van der Waals surface area contributed by atoms with Crippen molar-refractivity contribution in [3.8, 4) is 0 Å². The summed E-state index contributed by atoms with van der Waals surface area (Å²) in [5.74, 6) is -0.315. The fourth-order valence-corrected chi connectivity index (χ4v) is 5.02. The number of hydrogen-bond acceptors (Lipinski definition) is 5. The van der Waals surface area contributed by atoms with Crippen molar-refractivity contribution < 1.29 is 22.7 Å². The number of halogens is 3. The fraction of sp³-hybridized carbons (Fsp3) is 0.519. The molecule has 2 aromatic carbocycles. The monoisotopic (exact) mass is 504 g/mol. The van der Waals surface area contributed by atoms with Crippen LogP contribution in [-0.2, 0) is 10.9 Å². The second-order valence-electron chi connectivity index (χ2n) is 9.76. The SMILES string of the molecule is Cc1c([C@@H](C)NC(=O)c2cc(N3CCOCC3)ccc2NC2CCN(C)CC2)cccc1C(F)(F)F. The van der Waals surface area contributed by atoms with E-state index in [0.29, 0.717) is 24.3 Å². The Hall–Kier alpha value is -2.78. The second kappa shape index (κ2) is 11.1. The number of amides is 1. The van der Waals surface area contributed by atoms with Gasteiger partial charge in [-0.05, 0) is 82.2 Å². The van der Waals surface area contributed by atoms with Crippen molar-refractivity contribution in [3.63, 3.8) is 0 Å². The highest BCUT2D eigenvalue weighted by Crippen LogP contribution is 2.35. The molecule has 2 aliphatic heterocycles. The summed E-state index contributed by atoms with van der Waals surface area (Å²) in [6.07, 6.45) is -2.49. The van der Waals surface area contributed by atoms with Gasteiger partial charge in [0, 0.05) is 30.5 Å². The van der Waals surface area contributed by atoms with E-state index in [-0.39, 0.29) is 17.5 Å². The van der Waals surface area contributed by atoms with E-state index in [1.807, 2.05) is 18.2 Å². The van der Waals surface area contributed by atoms with E-state index in [2.05, 4.69) is 27.5 Å². The summed E-state index contributed by atoms with van der Waals surface area (Å²) in [6.45, 7) is 7.87. The first-order chi connectivity index (χ1) is 17.1. The van der Waals surface area contributed by atoms with Gasteiger partial charge in [0.1, 0.15) is 0 Å². The first kappa shape index (κ1) is 26.3. The third kappa shape index (κ3) is 6.13. The lowest BCUT2D eigenvalue weighted by Crippen LogP contribution is -2.38. The highest BCUT2D eigenvalue weighted by molar-refractivity contribution is 6.01. The molecule has 0 saturated carbocycles. The molecule has 6 nitrogen and oxygen atoms in total. The van der Waals surface area contributed by atoms with Gasteiger partial charge < -0.3 is 25.2 Å². The standard InChI is InChI=1S/C27H35F3N4O2/c1-18-22(5-4-6-24(18)27(28,29)30)19(2)31-26(35)23-17-21(34-13-15-36-16-14-34)7-8-25(23)32-20-9-11-33(3)12-10-20/h4-8,17,19-20,32H,9-16H2,1-3H3,(H,31,35)/t19-/m1/s1. The molecular weight excluding hydrogens is 469 g/mol. The molecule has 2 fully saturated rings. The molecule has 2 saturated heterocycles. The second-order valence-corrected chi connectivity index (χ2v) is 9.76. The first-order valence-electron chi connectivity index (χ1n) is 12.5. The minimum Gasteiger partial charge on any atom is -0.382 e. The average Bonchev–Trinajstić information content (AvgIpc) is 2.85. The Morgan fingerprint density at radius 3 is 2.44 bits per heavy atom. The van der Waals surface area contributed by atoms with Crippen molar-refractivity contribution in [1.29, 1.82) is 0 Å². The van der Waals surface area contributed by atoms with Gasteiger partial charge in [0.05, 0.1) is 30.4 Å². The Balaban J connectivity index is 1.59. The maximum Gasteiger partial charge on any atom is 0.416 e. The zero-order valence-electron chi connectivity index (χ0n) is 21.1. The molecule has 2 aromatic rings. The molecule has 0 radical (unpaired) electrons. The molecule has 2 aliphatic rings. The zero-order valence-corrected chi connectivity index (χ0v) is 21.1. The predicted molar refractivity (Wildman–Crippen MR) is 136 cm³/mol. The largest absolute Gasteiger partial charge is 0.416 e. The summed E-state index contributed by atoms with van der Waals surface area (Å²) < 4.78 is 45.7. The zero-order chi connectivity index (χ0) is 25.9. The summed E-state index contributed by atoms with van der Waals surface area (Å²) >= 11 is 0. The lowest BCUT2D eigenvalue weighted by atomic mass is 9.97. The van der Waals surface area contributed by atoms with Crippen molar-refractivity contribution in [3.05, 3.63) is 58.7 Å². The number of alkyl halides is 3. The van der Waals surface area contributed by atoms with Crippen LogP contribution in [0.25, 0.3) is 0 Å². The molecule has 9 heteroatoms. The van der Waals surface area contributed by atoms with Crippen LogP contribution in [0.5, 0.6) is 0 Å². The minimum atomic E-state index is -4.44. The van der Waals surface area contributed by atoms with Crippen molar-refractivity contribution >= 4 is 17.3 Å². The fourth-order valence-electron chi connectivity index (χ4n) is 5.02. The van der Waals surface area contributed by atoms with Crippen LogP contribution in [0.1, 0.15) is 52.9 Å². The van der Waals surface area contributed by atoms with Gasteiger partial charge in [-0.2, -0.15) is 13.2 Å². The molecule has 2 heterocycles. The minimum absolute atomic E-state index is 0.129. The van der Waals surface area contributed by atoms with Crippen LogP contribution in [0.3, 0.4) is 0 Å². The lowest BCUT2D eigenvalue weighted by molar-refractivity contribution is -0.138.